The number of rotatable bonds is 3. The van der Waals surface area contributed by atoms with Crippen LogP contribution in [-0.2, 0) is 35.4 Å². The Hall–Kier alpha value is -0.397. The molecule has 0 amide bonds. The van der Waals surface area contributed by atoms with E-state index in [9.17, 15) is 4.79 Å². The number of carbonyl (C=O) groups is 1. The molecule has 0 aliphatic heterocycles. The van der Waals surface area contributed by atoms with E-state index >= 15 is 0 Å². The monoisotopic (exact) mass is 276 g/mol. The van der Waals surface area contributed by atoms with Gasteiger partial charge >= 0.3 is 25.4 Å². The fraction of sp³-hybridized carbons (Fsp3) is 0.364. The van der Waals surface area contributed by atoms with Gasteiger partial charge in [-0.15, -0.1) is 0 Å². The van der Waals surface area contributed by atoms with Gasteiger partial charge in [0.15, 0.2) is 0 Å². The molecule has 2 nitrogen and oxygen atoms in total. The molecule has 0 heterocycles. The summed E-state index contributed by atoms with van der Waals surface area (Å²) in [5.41, 5.74) is 1.14. The number of ether oxygens (including phenoxy) is 1. The second-order valence-corrected chi connectivity index (χ2v) is 3.04. The average molecular weight is 278 g/mol. The maximum Gasteiger partial charge on any atom is 2.00 e. The molecule has 0 saturated heterocycles. The summed E-state index contributed by atoms with van der Waals surface area (Å²) < 4.78 is 5.00. The molecule has 1 atom stereocenters. The zero-order valence-corrected chi connectivity index (χ0v) is 12.7. The van der Waals surface area contributed by atoms with Crippen molar-refractivity contribution in [2.24, 2.45) is 0 Å². The average Bonchev–Trinajstić information content (AvgIpc) is 2.04. The topological polar surface area (TPSA) is 26.3 Å². The van der Waals surface area contributed by atoms with Crippen LogP contribution in [0.2, 0.25) is 0 Å². The van der Waals surface area contributed by atoms with E-state index in [1.54, 1.807) is 0 Å². The Morgan fingerprint density at radius 2 is 2.27 bits per heavy atom. The molecule has 0 saturated carbocycles. The normalized spacial score (nSPS) is 10.5. The summed E-state index contributed by atoms with van der Waals surface area (Å²) >= 11 is 0. The molecule has 4 heteroatoms. The fourth-order valence-corrected chi connectivity index (χ4v) is 1.21. The van der Waals surface area contributed by atoms with E-state index in [4.69, 9.17) is 4.74 Å². The molecule has 1 rings (SSSR count). The van der Waals surface area contributed by atoms with Crippen molar-refractivity contribution >= 4 is 5.97 Å². The van der Waals surface area contributed by atoms with E-state index in [2.05, 4.69) is 6.07 Å². The van der Waals surface area contributed by atoms with Crippen molar-refractivity contribution in [2.45, 2.75) is 26.4 Å². The molecule has 78 valence electrons. The second kappa shape index (κ2) is 8.88. The van der Waals surface area contributed by atoms with Gasteiger partial charge in [0.2, 0.25) is 0 Å². The second-order valence-electron chi connectivity index (χ2n) is 3.04. The van der Waals surface area contributed by atoms with Crippen molar-refractivity contribution in [1.82, 2.24) is 0 Å². The minimum Gasteiger partial charge on any atom is -1.00 e. The Balaban J connectivity index is 0. The van der Waals surface area contributed by atoms with E-state index in [1.807, 2.05) is 31.2 Å². The van der Waals surface area contributed by atoms with Crippen LogP contribution in [0.4, 0.5) is 0 Å². The van der Waals surface area contributed by atoms with E-state index in [0.29, 0.717) is 0 Å². The van der Waals surface area contributed by atoms with E-state index in [0.717, 1.165) is 12.0 Å². The first-order chi connectivity index (χ1) is 6.18. The van der Waals surface area contributed by atoms with E-state index in [1.165, 1.54) is 6.92 Å². The van der Waals surface area contributed by atoms with Crippen LogP contribution >= 0.6 is 0 Å². The van der Waals surface area contributed by atoms with Crippen LogP contribution in [0.5, 0.6) is 0 Å². The third-order valence-corrected chi connectivity index (χ3v) is 1.66. The number of esters is 1. The number of carbonyl (C=O) groups excluding carboxylic acids is 1. The van der Waals surface area contributed by atoms with Gasteiger partial charge in [0.05, 0.1) is 6.10 Å². The molecule has 1 aromatic rings. The maximum atomic E-state index is 10.6. The van der Waals surface area contributed by atoms with Gasteiger partial charge in [-0.05, 0) is 13.3 Å². The summed E-state index contributed by atoms with van der Waals surface area (Å²) in [4.78, 5) is 10.6. The van der Waals surface area contributed by atoms with Crippen LogP contribution in [-0.4, -0.2) is 12.1 Å². The quantitative estimate of drug-likeness (QED) is 0.402. The van der Waals surface area contributed by atoms with Crippen LogP contribution in [0.3, 0.4) is 0 Å². The van der Waals surface area contributed by atoms with Gasteiger partial charge in [-0.25, -0.2) is 0 Å². The molecule has 0 aromatic heterocycles. The van der Waals surface area contributed by atoms with Gasteiger partial charge in [-0.3, -0.25) is 4.79 Å². The molecular weight excluding hydrogens is 265 g/mol. The fourth-order valence-electron chi connectivity index (χ4n) is 1.21. The van der Waals surface area contributed by atoms with Crippen molar-refractivity contribution < 1.29 is 41.4 Å². The largest absolute Gasteiger partial charge is 2.00 e. The van der Waals surface area contributed by atoms with Gasteiger partial charge in [0, 0.05) is 6.92 Å². The molecule has 1 aromatic carbocycles. The summed E-state index contributed by atoms with van der Waals surface area (Å²) in [5.74, 6) is -0.229. The van der Waals surface area contributed by atoms with Crippen LogP contribution < -0.4 is 12.4 Å². The SMILES string of the molecule is CC(=O)OC(C)Cc1c[c-]ccc1.[Cl-].[Zn+2]. The molecule has 0 bridgehead atoms. The van der Waals surface area contributed by atoms with Crippen LogP contribution in [0.15, 0.2) is 24.3 Å². The summed E-state index contributed by atoms with van der Waals surface area (Å²) in [6, 6.07) is 10.7. The van der Waals surface area contributed by atoms with Crippen molar-refractivity contribution in [3.63, 3.8) is 0 Å². The van der Waals surface area contributed by atoms with Gasteiger partial charge in [-0.2, -0.15) is 35.9 Å². The molecule has 0 aliphatic rings. The number of halogens is 1. The third-order valence-electron chi connectivity index (χ3n) is 1.66. The van der Waals surface area contributed by atoms with Crippen molar-refractivity contribution in [2.75, 3.05) is 0 Å². The molecule has 0 aliphatic carbocycles. The zero-order chi connectivity index (χ0) is 9.68. The predicted octanol–water partition coefficient (Wildman–Crippen LogP) is -1.02. The van der Waals surface area contributed by atoms with Crippen molar-refractivity contribution in [1.29, 1.82) is 0 Å². The van der Waals surface area contributed by atoms with Crippen LogP contribution in [0.25, 0.3) is 0 Å². The number of hydrogen-bond acceptors (Lipinski definition) is 2. The first kappa shape index (κ1) is 17.0. The summed E-state index contributed by atoms with van der Waals surface area (Å²) in [6.07, 6.45) is 0.685. The molecule has 0 fully saturated rings. The zero-order valence-electron chi connectivity index (χ0n) is 9.00. The Morgan fingerprint density at radius 1 is 1.60 bits per heavy atom. The standard InChI is InChI=1S/C11H13O2.ClH.Zn/c1-9(13-10(2)12)8-11-6-4-3-5-7-11;;/h3-4,6-7,9H,8H2,1-2H3;1H;/q-1;;+2/p-1. The van der Waals surface area contributed by atoms with Gasteiger partial charge < -0.3 is 17.1 Å². The molecular formula is C11H13ClO2Zn. The van der Waals surface area contributed by atoms with Crippen LogP contribution in [0, 0.1) is 6.07 Å². The van der Waals surface area contributed by atoms with E-state index < -0.39 is 0 Å². The van der Waals surface area contributed by atoms with Crippen molar-refractivity contribution in [3.05, 3.63) is 35.9 Å². The number of benzene rings is 1. The number of hydrogen-bond donors (Lipinski definition) is 0. The molecule has 15 heavy (non-hydrogen) atoms. The minimum atomic E-state index is -0.229. The molecule has 0 radical (unpaired) electrons. The summed E-state index contributed by atoms with van der Waals surface area (Å²) in [6.45, 7) is 3.31. The maximum absolute atomic E-state index is 10.6. The molecule has 0 spiro atoms. The predicted molar refractivity (Wildman–Crippen MR) is 50.2 cm³/mol. The molecule has 0 N–H and O–H groups in total. The minimum absolute atomic E-state index is 0. The summed E-state index contributed by atoms with van der Waals surface area (Å²) in [7, 11) is 0. The Kier molecular flexibility index (Phi) is 10.1. The Labute approximate surface area is 110 Å². The van der Waals surface area contributed by atoms with Gasteiger partial charge in [-0.1, -0.05) is 0 Å². The molecule has 1 unspecified atom stereocenters. The Bertz CT molecular complexity index is 277. The van der Waals surface area contributed by atoms with Crippen molar-refractivity contribution in [3.8, 4) is 0 Å². The first-order valence-electron chi connectivity index (χ1n) is 4.30. The van der Waals surface area contributed by atoms with Gasteiger partial charge in [0.25, 0.3) is 0 Å². The van der Waals surface area contributed by atoms with Crippen LogP contribution in [0.1, 0.15) is 19.4 Å². The summed E-state index contributed by atoms with van der Waals surface area (Å²) in [5, 5.41) is 0. The van der Waals surface area contributed by atoms with E-state index in [-0.39, 0.29) is 44.0 Å². The van der Waals surface area contributed by atoms with Gasteiger partial charge in [0.1, 0.15) is 0 Å². The third kappa shape index (κ3) is 7.52. The Morgan fingerprint density at radius 3 is 2.73 bits per heavy atom. The smallest absolute Gasteiger partial charge is 1.00 e. The first-order valence-corrected chi connectivity index (χ1v) is 4.30.